The molecular weight excluding hydrogens is 517 g/mol. The highest BCUT2D eigenvalue weighted by Gasteiger charge is 2.71. The Kier molecular flexibility index (Phi) is 6.36. The van der Waals surface area contributed by atoms with Gasteiger partial charge in [0.05, 0.1) is 31.7 Å². The van der Waals surface area contributed by atoms with Crippen LogP contribution in [0.4, 0.5) is 11.4 Å². The first-order valence-electron chi connectivity index (χ1n) is 10.8. The molecule has 2 aromatic rings. The molecule has 184 valence electrons. The average Bonchev–Trinajstić information content (AvgIpc) is 3.10. The standard InChI is InChI=1S/C24H22Cl3N3O5/c1-22(2)23(3)8-9-24(22,21(32)28-14-5-7-15(25)17(27)11-14)12-19(23)29-35-20(31)13-4-6-16(26)18(10-13)30(33)34/h4-7,10-11H,8-9,12H2,1-3H3,(H,28,32). The third-order valence-corrected chi connectivity index (χ3v) is 9.02. The van der Waals surface area contributed by atoms with Crippen molar-refractivity contribution < 1.29 is 19.3 Å². The number of carbonyl (C=O) groups excluding carboxylic acids is 2. The van der Waals surface area contributed by atoms with E-state index in [4.69, 9.17) is 39.6 Å². The van der Waals surface area contributed by atoms with Crippen LogP contribution in [0.15, 0.2) is 41.6 Å². The van der Waals surface area contributed by atoms with Gasteiger partial charge in [-0.2, -0.15) is 0 Å². The van der Waals surface area contributed by atoms with Crippen molar-refractivity contribution in [3.63, 3.8) is 0 Å². The molecule has 2 aromatic carbocycles. The molecule has 0 heterocycles. The number of hydrogen-bond donors (Lipinski definition) is 1. The summed E-state index contributed by atoms with van der Waals surface area (Å²) in [6.45, 7) is 6.04. The van der Waals surface area contributed by atoms with Gasteiger partial charge in [-0.15, -0.1) is 0 Å². The van der Waals surface area contributed by atoms with Gasteiger partial charge < -0.3 is 10.2 Å². The zero-order valence-corrected chi connectivity index (χ0v) is 21.4. The minimum atomic E-state index is -0.851. The molecule has 0 aliphatic heterocycles. The van der Waals surface area contributed by atoms with Crippen LogP contribution in [0.2, 0.25) is 15.1 Å². The van der Waals surface area contributed by atoms with Crippen LogP contribution in [0.5, 0.6) is 0 Å². The first-order valence-corrected chi connectivity index (χ1v) is 11.9. The molecule has 35 heavy (non-hydrogen) atoms. The normalized spacial score (nSPS) is 25.5. The summed E-state index contributed by atoms with van der Waals surface area (Å²) in [5.41, 5.74) is -1.10. The second kappa shape index (κ2) is 8.76. The number of oxime groups is 1. The maximum atomic E-state index is 13.6. The summed E-state index contributed by atoms with van der Waals surface area (Å²) in [6, 6.07) is 8.52. The summed E-state index contributed by atoms with van der Waals surface area (Å²) in [5.74, 6) is -1.02. The number of hydrogen-bond acceptors (Lipinski definition) is 6. The van der Waals surface area contributed by atoms with Crippen molar-refractivity contribution >= 4 is 63.8 Å². The Morgan fingerprint density at radius 2 is 1.71 bits per heavy atom. The van der Waals surface area contributed by atoms with Crippen LogP contribution in [0.1, 0.15) is 50.4 Å². The van der Waals surface area contributed by atoms with E-state index in [-0.39, 0.29) is 16.5 Å². The number of halogens is 3. The molecule has 2 aliphatic rings. The molecule has 2 fully saturated rings. The van der Waals surface area contributed by atoms with Crippen molar-refractivity contribution in [2.75, 3.05) is 5.32 Å². The van der Waals surface area contributed by atoms with Crippen molar-refractivity contribution in [2.45, 2.75) is 40.0 Å². The lowest BCUT2D eigenvalue weighted by Crippen LogP contribution is -2.43. The number of anilines is 1. The smallest absolute Gasteiger partial charge is 0.326 e. The van der Waals surface area contributed by atoms with Crippen molar-refractivity contribution in [3.8, 4) is 0 Å². The van der Waals surface area contributed by atoms with E-state index >= 15 is 0 Å². The highest BCUT2D eigenvalue weighted by atomic mass is 35.5. The van der Waals surface area contributed by atoms with E-state index in [0.29, 0.717) is 40.7 Å². The van der Waals surface area contributed by atoms with Gasteiger partial charge in [0.2, 0.25) is 5.91 Å². The lowest BCUT2D eigenvalue weighted by atomic mass is 9.64. The van der Waals surface area contributed by atoms with Crippen LogP contribution < -0.4 is 5.32 Å². The van der Waals surface area contributed by atoms with Crippen LogP contribution in [-0.4, -0.2) is 22.5 Å². The van der Waals surface area contributed by atoms with Gasteiger partial charge in [0.25, 0.3) is 5.69 Å². The van der Waals surface area contributed by atoms with Crippen LogP contribution in [0.3, 0.4) is 0 Å². The van der Waals surface area contributed by atoms with E-state index in [0.717, 1.165) is 6.07 Å². The number of nitrogens with one attached hydrogen (secondary N) is 1. The van der Waals surface area contributed by atoms with Gasteiger partial charge in [-0.3, -0.25) is 14.9 Å². The van der Waals surface area contributed by atoms with Crippen LogP contribution >= 0.6 is 34.8 Å². The molecule has 2 atom stereocenters. The number of nitro benzene ring substituents is 1. The fraction of sp³-hybridized carbons (Fsp3) is 0.375. The number of amides is 1. The SMILES string of the molecule is CC12CCC(C(=O)Nc3ccc(Cl)c(Cl)c3)(CC1=NOC(=O)c1ccc(Cl)c([N+](=O)[O-])c1)C2(C)C. The maximum Gasteiger partial charge on any atom is 0.365 e. The van der Waals surface area contributed by atoms with Gasteiger partial charge in [-0.25, -0.2) is 4.79 Å². The fourth-order valence-corrected chi connectivity index (χ4v) is 5.76. The molecule has 8 nitrogen and oxygen atoms in total. The minimum absolute atomic E-state index is 0.0508. The first kappa shape index (κ1) is 25.4. The van der Waals surface area contributed by atoms with E-state index < -0.39 is 32.8 Å². The van der Waals surface area contributed by atoms with Gasteiger partial charge in [-0.05, 0) is 48.6 Å². The highest BCUT2D eigenvalue weighted by Crippen LogP contribution is 2.71. The minimum Gasteiger partial charge on any atom is -0.326 e. The number of rotatable bonds is 5. The van der Waals surface area contributed by atoms with Gasteiger partial charge in [0, 0.05) is 23.6 Å². The van der Waals surface area contributed by atoms with Crippen LogP contribution in [-0.2, 0) is 9.63 Å². The topological polar surface area (TPSA) is 111 Å². The largest absolute Gasteiger partial charge is 0.365 e. The molecule has 0 aromatic heterocycles. The highest BCUT2D eigenvalue weighted by molar-refractivity contribution is 6.42. The molecular formula is C24H22Cl3N3O5. The Hall–Kier alpha value is -2.68. The van der Waals surface area contributed by atoms with E-state index in [1.807, 2.05) is 20.8 Å². The lowest BCUT2D eigenvalue weighted by Gasteiger charge is -2.39. The fourth-order valence-electron chi connectivity index (χ4n) is 5.28. The Morgan fingerprint density at radius 3 is 2.37 bits per heavy atom. The molecule has 4 rings (SSSR count). The van der Waals surface area contributed by atoms with Crippen molar-refractivity contribution in [1.29, 1.82) is 0 Å². The number of benzene rings is 2. The zero-order valence-electron chi connectivity index (χ0n) is 19.2. The zero-order chi connectivity index (χ0) is 25.8. The molecule has 1 N–H and O–H groups in total. The molecule has 1 amide bonds. The van der Waals surface area contributed by atoms with Crippen molar-refractivity contribution in [3.05, 3.63) is 67.1 Å². The third-order valence-electron chi connectivity index (χ3n) is 7.96. The Labute approximate surface area is 216 Å². The Bertz CT molecular complexity index is 1300. The summed E-state index contributed by atoms with van der Waals surface area (Å²) in [6.07, 6.45) is 1.62. The summed E-state index contributed by atoms with van der Waals surface area (Å²) in [7, 11) is 0. The monoisotopic (exact) mass is 537 g/mol. The van der Waals surface area contributed by atoms with Gasteiger partial charge in [-0.1, -0.05) is 60.7 Å². The van der Waals surface area contributed by atoms with Crippen LogP contribution in [0.25, 0.3) is 0 Å². The first-order chi connectivity index (χ1) is 16.3. The summed E-state index contributed by atoms with van der Waals surface area (Å²) >= 11 is 17.9. The molecule has 0 saturated heterocycles. The van der Waals surface area contributed by atoms with Crippen molar-refractivity contribution in [2.24, 2.45) is 21.4 Å². The molecule has 2 aliphatic carbocycles. The molecule has 2 saturated carbocycles. The quantitative estimate of drug-likeness (QED) is 0.252. The average molecular weight is 539 g/mol. The molecule has 2 bridgehead atoms. The van der Waals surface area contributed by atoms with E-state index in [1.54, 1.807) is 18.2 Å². The number of carbonyl (C=O) groups is 2. The maximum absolute atomic E-state index is 13.6. The third kappa shape index (κ3) is 3.97. The Balaban J connectivity index is 1.58. The van der Waals surface area contributed by atoms with E-state index in [9.17, 15) is 19.7 Å². The van der Waals surface area contributed by atoms with E-state index in [2.05, 4.69) is 10.5 Å². The number of nitro groups is 1. The van der Waals surface area contributed by atoms with Crippen molar-refractivity contribution in [1.82, 2.24) is 0 Å². The second-order valence-electron chi connectivity index (χ2n) is 9.64. The van der Waals surface area contributed by atoms with E-state index in [1.165, 1.54) is 12.1 Å². The molecule has 2 unspecified atom stereocenters. The van der Waals surface area contributed by atoms with Gasteiger partial charge in [0.1, 0.15) is 5.02 Å². The number of nitrogens with zero attached hydrogens (tertiary/aromatic N) is 2. The Morgan fingerprint density at radius 1 is 1.03 bits per heavy atom. The lowest BCUT2D eigenvalue weighted by molar-refractivity contribution is -0.384. The van der Waals surface area contributed by atoms with Gasteiger partial charge >= 0.3 is 5.97 Å². The summed E-state index contributed by atoms with van der Waals surface area (Å²) < 4.78 is 0. The predicted octanol–water partition coefficient (Wildman–Crippen LogP) is 6.92. The molecule has 0 radical (unpaired) electrons. The second-order valence-corrected chi connectivity index (χ2v) is 10.9. The summed E-state index contributed by atoms with van der Waals surface area (Å²) in [5, 5.41) is 18.9. The molecule has 0 spiro atoms. The van der Waals surface area contributed by atoms with Gasteiger partial charge in [0.15, 0.2) is 0 Å². The van der Waals surface area contributed by atoms with Crippen LogP contribution in [0, 0.1) is 26.4 Å². The summed E-state index contributed by atoms with van der Waals surface area (Å²) in [4.78, 5) is 41.8. The molecule has 11 heteroatoms. The predicted molar refractivity (Wildman–Crippen MR) is 134 cm³/mol. The number of fused-ring (bicyclic) bond motifs is 2.